The molecular weight excluding hydrogens is 364 g/mol. The van der Waals surface area contributed by atoms with Crippen LogP contribution in [-0.2, 0) is 13.2 Å². The van der Waals surface area contributed by atoms with Crippen LogP contribution in [0.2, 0.25) is 0 Å². The average molecular weight is 380 g/mol. The summed E-state index contributed by atoms with van der Waals surface area (Å²) in [6.07, 6.45) is 0. The largest absolute Gasteiger partial charge is 0.482 e. The number of benzene rings is 3. The Kier molecular flexibility index (Phi) is 5.81. The van der Waals surface area contributed by atoms with Crippen molar-refractivity contribution in [2.45, 2.75) is 13.2 Å². The first-order valence-corrected chi connectivity index (χ1v) is 8.35. The summed E-state index contributed by atoms with van der Waals surface area (Å²) in [6, 6.07) is 19.6. The summed E-state index contributed by atoms with van der Waals surface area (Å²) in [5.41, 5.74) is 1.39. The first kappa shape index (κ1) is 18.8. The second-order valence-electron chi connectivity index (χ2n) is 5.85. The molecule has 0 aliphatic rings. The zero-order valence-corrected chi connectivity index (χ0v) is 14.7. The number of ether oxygens (including phenoxy) is 2. The Morgan fingerprint density at radius 2 is 1.07 bits per heavy atom. The Morgan fingerprint density at radius 1 is 0.643 bits per heavy atom. The first-order chi connectivity index (χ1) is 13.5. The summed E-state index contributed by atoms with van der Waals surface area (Å²) in [7, 11) is 0. The minimum Gasteiger partial charge on any atom is -0.482 e. The predicted molar refractivity (Wildman–Crippen MR) is 101 cm³/mol. The van der Waals surface area contributed by atoms with Gasteiger partial charge < -0.3 is 9.47 Å². The lowest BCUT2D eigenvalue weighted by Gasteiger charge is -2.10. The van der Waals surface area contributed by atoms with Gasteiger partial charge in [0.25, 0.3) is 0 Å². The van der Waals surface area contributed by atoms with Crippen LogP contribution in [0.25, 0.3) is 0 Å². The molecular formula is C20H16N2O6. The number of nitro groups is 2. The monoisotopic (exact) mass is 380 g/mol. The molecule has 0 atom stereocenters. The molecule has 0 heterocycles. The molecule has 8 nitrogen and oxygen atoms in total. The molecule has 0 aliphatic heterocycles. The fourth-order valence-electron chi connectivity index (χ4n) is 2.59. The molecule has 0 amide bonds. The van der Waals surface area contributed by atoms with Gasteiger partial charge in [0.05, 0.1) is 9.85 Å². The maximum absolute atomic E-state index is 11.0. The van der Waals surface area contributed by atoms with Gasteiger partial charge in [-0.05, 0) is 29.3 Å². The fourth-order valence-corrected chi connectivity index (χ4v) is 2.59. The van der Waals surface area contributed by atoms with Gasteiger partial charge in [0.1, 0.15) is 13.2 Å². The lowest BCUT2D eigenvalue weighted by atomic mass is 10.1. The summed E-state index contributed by atoms with van der Waals surface area (Å²) < 4.78 is 11.2. The summed E-state index contributed by atoms with van der Waals surface area (Å²) in [5.74, 6) is 0.378. The van der Waals surface area contributed by atoms with Crippen LogP contribution in [0.15, 0.2) is 72.8 Å². The molecule has 0 unspecified atom stereocenters. The molecule has 3 aromatic carbocycles. The number of hydrogen-bond acceptors (Lipinski definition) is 6. The summed E-state index contributed by atoms with van der Waals surface area (Å²) in [6.45, 7) is 0.286. The van der Waals surface area contributed by atoms with Gasteiger partial charge in [0.2, 0.25) is 0 Å². The van der Waals surface area contributed by atoms with E-state index in [1.807, 2.05) is 18.2 Å². The third-order valence-electron chi connectivity index (χ3n) is 3.90. The highest BCUT2D eigenvalue weighted by Gasteiger charge is 2.15. The minimum absolute atomic E-state index is 0.0987. The molecule has 0 saturated heterocycles. The van der Waals surface area contributed by atoms with Gasteiger partial charge in [-0.15, -0.1) is 0 Å². The molecule has 3 rings (SSSR count). The van der Waals surface area contributed by atoms with Crippen molar-refractivity contribution in [1.29, 1.82) is 0 Å². The van der Waals surface area contributed by atoms with E-state index in [0.29, 0.717) is 0 Å². The topological polar surface area (TPSA) is 105 Å². The van der Waals surface area contributed by atoms with Crippen molar-refractivity contribution in [2.24, 2.45) is 0 Å². The second kappa shape index (κ2) is 8.63. The summed E-state index contributed by atoms with van der Waals surface area (Å²) in [5, 5.41) is 22.1. The molecule has 8 heteroatoms. The maximum atomic E-state index is 11.0. The van der Waals surface area contributed by atoms with Gasteiger partial charge in [-0.25, -0.2) is 0 Å². The van der Waals surface area contributed by atoms with Gasteiger partial charge >= 0.3 is 11.4 Å². The normalized spacial score (nSPS) is 10.3. The van der Waals surface area contributed by atoms with Crippen LogP contribution in [0.3, 0.4) is 0 Å². The van der Waals surface area contributed by atoms with Crippen LogP contribution in [0.1, 0.15) is 11.1 Å². The lowest BCUT2D eigenvalue weighted by Crippen LogP contribution is -2.02. The van der Waals surface area contributed by atoms with Crippen LogP contribution in [0.5, 0.6) is 11.5 Å². The second-order valence-corrected chi connectivity index (χ2v) is 5.85. The van der Waals surface area contributed by atoms with Crippen LogP contribution >= 0.6 is 0 Å². The van der Waals surface area contributed by atoms with Crippen molar-refractivity contribution >= 4 is 11.4 Å². The van der Waals surface area contributed by atoms with Crippen LogP contribution < -0.4 is 9.47 Å². The molecule has 0 radical (unpaired) electrons. The molecule has 0 fully saturated rings. The zero-order chi connectivity index (χ0) is 19.9. The first-order valence-electron chi connectivity index (χ1n) is 8.35. The highest BCUT2D eigenvalue weighted by molar-refractivity contribution is 5.46. The van der Waals surface area contributed by atoms with Crippen LogP contribution in [0, 0.1) is 20.2 Å². The van der Waals surface area contributed by atoms with E-state index in [1.165, 1.54) is 12.1 Å². The fraction of sp³-hybridized carbons (Fsp3) is 0.100. The standard InChI is InChI=1S/C20H16N2O6/c23-21(24)17-8-1-3-10-19(17)27-13-15-6-5-7-16(12-15)14-28-20-11-4-2-9-18(20)22(25)26/h1-12H,13-14H2. The van der Waals surface area contributed by atoms with E-state index in [1.54, 1.807) is 42.5 Å². The van der Waals surface area contributed by atoms with Crippen molar-refractivity contribution < 1.29 is 19.3 Å². The quantitative estimate of drug-likeness (QED) is 0.416. The smallest absolute Gasteiger partial charge is 0.310 e. The summed E-state index contributed by atoms with van der Waals surface area (Å²) >= 11 is 0. The average Bonchev–Trinajstić information content (AvgIpc) is 2.71. The van der Waals surface area contributed by atoms with Gasteiger partial charge in [-0.3, -0.25) is 20.2 Å². The van der Waals surface area contributed by atoms with E-state index in [2.05, 4.69) is 0 Å². The van der Waals surface area contributed by atoms with Crippen molar-refractivity contribution in [2.75, 3.05) is 0 Å². The van der Waals surface area contributed by atoms with Gasteiger partial charge in [-0.2, -0.15) is 0 Å². The van der Waals surface area contributed by atoms with E-state index >= 15 is 0 Å². The molecule has 0 aliphatic carbocycles. The molecule has 0 aromatic heterocycles. The molecule has 0 N–H and O–H groups in total. The Balaban J connectivity index is 1.67. The highest BCUT2D eigenvalue weighted by Crippen LogP contribution is 2.28. The number of rotatable bonds is 8. The molecule has 28 heavy (non-hydrogen) atoms. The SMILES string of the molecule is O=[N+]([O-])c1ccccc1OCc1cccc(COc2ccccc2[N+](=O)[O-])c1. The van der Waals surface area contributed by atoms with Gasteiger partial charge in [0.15, 0.2) is 11.5 Å². The third kappa shape index (κ3) is 4.61. The van der Waals surface area contributed by atoms with Crippen LogP contribution in [0.4, 0.5) is 11.4 Å². The number of nitrogens with zero attached hydrogens (tertiary/aromatic N) is 2. The van der Waals surface area contributed by atoms with Crippen molar-refractivity contribution in [3.63, 3.8) is 0 Å². The van der Waals surface area contributed by atoms with Crippen LogP contribution in [-0.4, -0.2) is 9.85 Å². The summed E-state index contributed by atoms with van der Waals surface area (Å²) in [4.78, 5) is 21.1. The van der Waals surface area contributed by atoms with Crippen molar-refractivity contribution in [3.8, 4) is 11.5 Å². The Hall–Kier alpha value is -3.94. The van der Waals surface area contributed by atoms with Crippen molar-refractivity contribution in [1.82, 2.24) is 0 Å². The van der Waals surface area contributed by atoms with E-state index in [4.69, 9.17) is 9.47 Å². The molecule has 3 aromatic rings. The zero-order valence-electron chi connectivity index (χ0n) is 14.7. The lowest BCUT2D eigenvalue weighted by molar-refractivity contribution is -0.386. The predicted octanol–water partition coefficient (Wildman–Crippen LogP) is 4.66. The number of hydrogen-bond donors (Lipinski definition) is 0. The Labute approximate surface area is 160 Å². The van der Waals surface area contributed by atoms with E-state index in [-0.39, 0.29) is 36.1 Å². The Bertz CT molecular complexity index is 928. The van der Waals surface area contributed by atoms with E-state index in [9.17, 15) is 20.2 Å². The highest BCUT2D eigenvalue weighted by atomic mass is 16.6. The molecule has 0 spiro atoms. The minimum atomic E-state index is -0.494. The van der Waals surface area contributed by atoms with Crippen molar-refractivity contribution in [3.05, 3.63) is 104 Å². The Morgan fingerprint density at radius 3 is 1.50 bits per heavy atom. The molecule has 142 valence electrons. The molecule has 0 bridgehead atoms. The number of para-hydroxylation sites is 4. The van der Waals surface area contributed by atoms with Gasteiger partial charge in [0, 0.05) is 12.1 Å². The van der Waals surface area contributed by atoms with E-state index in [0.717, 1.165) is 11.1 Å². The maximum Gasteiger partial charge on any atom is 0.310 e. The van der Waals surface area contributed by atoms with Gasteiger partial charge in [-0.1, -0.05) is 42.5 Å². The number of nitro benzene ring substituents is 2. The van der Waals surface area contributed by atoms with E-state index < -0.39 is 9.85 Å². The molecule has 0 saturated carbocycles. The third-order valence-corrected chi connectivity index (χ3v) is 3.90.